The fourth-order valence-electron chi connectivity index (χ4n) is 2.21. The topological polar surface area (TPSA) is 84.2 Å². The van der Waals surface area contributed by atoms with E-state index in [1.54, 1.807) is 26.0 Å². The van der Waals surface area contributed by atoms with E-state index in [1.165, 1.54) is 7.11 Å². The van der Waals surface area contributed by atoms with E-state index >= 15 is 0 Å². The van der Waals surface area contributed by atoms with Crippen molar-refractivity contribution in [2.75, 3.05) is 33.5 Å². The smallest absolute Gasteiger partial charge is 0.344 e. The summed E-state index contributed by atoms with van der Waals surface area (Å²) in [6.45, 7) is 3.89. The van der Waals surface area contributed by atoms with Gasteiger partial charge in [0.2, 0.25) is 0 Å². The predicted octanol–water partition coefficient (Wildman–Crippen LogP) is 3.25. The molecule has 1 aromatic carbocycles. The molecule has 0 atom stereocenters. The Hall–Kier alpha value is -2.06. The molecule has 0 amide bonds. The number of esters is 2. The van der Waals surface area contributed by atoms with Crippen molar-refractivity contribution in [3.63, 3.8) is 0 Å². The highest BCUT2D eigenvalue weighted by molar-refractivity contribution is 9.10. The van der Waals surface area contributed by atoms with E-state index in [1.807, 2.05) is 0 Å². The highest BCUT2D eigenvalue weighted by atomic mass is 79.9. The Morgan fingerprint density at radius 3 is 2.64 bits per heavy atom. The maximum Gasteiger partial charge on any atom is 0.344 e. The van der Waals surface area contributed by atoms with Gasteiger partial charge in [-0.1, -0.05) is 0 Å². The van der Waals surface area contributed by atoms with Crippen molar-refractivity contribution in [1.82, 2.24) is 0 Å². The molecule has 2 aromatic rings. The van der Waals surface area contributed by atoms with Crippen LogP contribution in [-0.4, -0.2) is 45.5 Å². The minimum Gasteiger partial charge on any atom is -0.481 e. The lowest BCUT2D eigenvalue weighted by atomic mass is 10.1. The second kappa shape index (κ2) is 8.87. The number of benzene rings is 1. The van der Waals surface area contributed by atoms with Gasteiger partial charge in [-0.15, -0.1) is 0 Å². The summed E-state index contributed by atoms with van der Waals surface area (Å²) in [4.78, 5) is 23.7. The zero-order chi connectivity index (χ0) is 18.4. The number of hydrogen-bond donors (Lipinski definition) is 0. The second-order valence-electron chi connectivity index (χ2n) is 5.03. The van der Waals surface area contributed by atoms with Crippen LogP contribution in [0.4, 0.5) is 0 Å². The average molecular weight is 415 g/mol. The summed E-state index contributed by atoms with van der Waals surface area (Å²) in [5.74, 6) is -0.150. The number of aryl methyl sites for hydroxylation is 1. The van der Waals surface area contributed by atoms with E-state index in [9.17, 15) is 9.59 Å². The molecule has 25 heavy (non-hydrogen) atoms. The molecule has 0 spiro atoms. The first kappa shape index (κ1) is 19.3. The summed E-state index contributed by atoms with van der Waals surface area (Å²) in [5.41, 5.74) is 0.825. The minimum atomic E-state index is -0.507. The molecular formula is C17H19BrO7. The quantitative estimate of drug-likeness (QED) is 0.484. The van der Waals surface area contributed by atoms with Gasteiger partial charge in [-0.05, 0) is 41.9 Å². The molecule has 7 nitrogen and oxygen atoms in total. The Balaban J connectivity index is 2.28. The molecule has 0 N–H and O–H groups in total. The number of rotatable bonds is 8. The van der Waals surface area contributed by atoms with Gasteiger partial charge in [0.25, 0.3) is 0 Å². The van der Waals surface area contributed by atoms with E-state index < -0.39 is 11.9 Å². The summed E-state index contributed by atoms with van der Waals surface area (Å²) in [6.07, 6.45) is 0. The highest BCUT2D eigenvalue weighted by Crippen LogP contribution is 2.35. The Morgan fingerprint density at radius 2 is 1.96 bits per heavy atom. The normalized spacial score (nSPS) is 10.7. The number of carbonyl (C=O) groups excluding carboxylic acids is 2. The number of furan rings is 1. The van der Waals surface area contributed by atoms with E-state index in [2.05, 4.69) is 15.9 Å². The third-order valence-electron chi connectivity index (χ3n) is 3.29. The van der Waals surface area contributed by atoms with Gasteiger partial charge < -0.3 is 23.4 Å². The lowest BCUT2D eigenvalue weighted by Crippen LogP contribution is -2.14. The van der Waals surface area contributed by atoms with Crippen LogP contribution in [0.15, 0.2) is 21.0 Å². The first-order valence-corrected chi connectivity index (χ1v) is 8.44. The van der Waals surface area contributed by atoms with Crippen LogP contribution in [0.2, 0.25) is 0 Å². The van der Waals surface area contributed by atoms with Gasteiger partial charge in [0, 0.05) is 12.5 Å². The lowest BCUT2D eigenvalue weighted by Gasteiger charge is -2.08. The first-order chi connectivity index (χ1) is 12.0. The summed E-state index contributed by atoms with van der Waals surface area (Å²) in [5, 5.41) is 0.543. The standard InChI is InChI=1S/C17H19BrO7/c1-4-22-15(19)9-24-14-7-11-13(8-12(14)18)25-10(2)16(11)17(20)23-6-5-21-3/h7-8H,4-6,9H2,1-3H3. The van der Waals surface area contributed by atoms with Crippen molar-refractivity contribution in [2.24, 2.45) is 0 Å². The van der Waals surface area contributed by atoms with Gasteiger partial charge in [0.05, 0.1) is 17.7 Å². The highest BCUT2D eigenvalue weighted by Gasteiger charge is 2.21. The molecular weight excluding hydrogens is 396 g/mol. The molecule has 8 heteroatoms. The van der Waals surface area contributed by atoms with Crippen LogP contribution in [-0.2, 0) is 19.0 Å². The fraction of sp³-hybridized carbons (Fsp3) is 0.412. The van der Waals surface area contributed by atoms with Crippen molar-refractivity contribution in [2.45, 2.75) is 13.8 Å². The van der Waals surface area contributed by atoms with E-state index in [4.69, 9.17) is 23.4 Å². The van der Waals surface area contributed by atoms with Gasteiger partial charge in [0.1, 0.15) is 29.3 Å². The molecule has 0 bridgehead atoms. The number of methoxy groups -OCH3 is 1. The van der Waals surface area contributed by atoms with E-state index in [0.29, 0.717) is 39.1 Å². The summed E-state index contributed by atoms with van der Waals surface area (Å²) in [6, 6.07) is 3.30. The maximum atomic E-state index is 12.3. The van der Waals surface area contributed by atoms with E-state index in [0.717, 1.165) is 0 Å². The van der Waals surface area contributed by atoms with Crippen LogP contribution in [0.5, 0.6) is 5.75 Å². The minimum absolute atomic E-state index is 0.143. The molecule has 0 unspecified atom stereocenters. The number of hydrogen-bond acceptors (Lipinski definition) is 7. The average Bonchev–Trinajstić information content (AvgIpc) is 2.87. The molecule has 0 fully saturated rings. The zero-order valence-electron chi connectivity index (χ0n) is 14.2. The molecule has 2 rings (SSSR count). The van der Waals surface area contributed by atoms with Crippen LogP contribution in [0, 0.1) is 6.92 Å². The number of halogens is 1. The van der Waals surface area contributed by atoms with Crippen LogP contribution in [0.25, 0.3) is 11.0 Å². The predicted molar refractivity (Wildman–Crippen MR) is 92.9 cm³/mol. The van der Waals surface area contributed by atoms with Crippen molar-refractivity contribution >= 4 is 38.8 Å². The second-order valence-corrected chi connectivity index (χ2v) is 5.89. The van der Waals surface area contributed by atoms with Gasteiger partial charge >= 0.3 is 11.9 Å². The van der Waals surface area contributed by atoms with Crippen molar-refractivity contribution in [1.29, 1.82) is 0 Å². The molecule has 136 valence electrons. The Morgan fingerprint density at radius 1 is 1.20 bits per heavy atom. The molecule has 0 aliphatic carbocycles. The van der Waals surface area contributed by atoms with Crippen LogP contribution < -0.4 is 4.74 Å². The Labute approximate surface area is 153 Å². The zero-order valence-corrected chi connectivity index (χ0v) is 15.8. The van der Waals surface area contributed by atoms with Crippen LogP contribution >= 0.6 is 15.9 Å². The summed E-state index contributed by atoms with van der Waals surface area (Å²) < 4.78 is 26.5. The molecule has 0 saturated carbocycles. The van der Waals surface area contributed by atoms with Gasteiger partial charge in [-0.3, -0.25) is 0 Å². The summed E-state index contributed by atoms with van der Waals surface area (Å²) in [7, 11) is 1.52. The molecule has 0 aliphatic rings. The van der Waals surface area contributed by atoms with Crippen LogP contribution in [0.3, 0.4) is 0 Å². The third kappa shape index (κ3) is 4.73. The number of fused-ring (bicyclic) bond motifs is 1. The Bertz CT molecular complexity index is 766. The number of carbonyl (C=O) groups is 2. The van der Waals surface area contributed by atoms with Crippen molar-refractivity contribution in [3.05, 3.63) is 27.9 Å². The molecule has 0 aliphatic heterocycles. The largest absolute Gasteiger partial charge is 0.481 e. The Kier molecular flexibility index (Phi) is 6.83. The SMILES string of the molecule is CCOC(=O)COc1cc2c(C(=O)OCCOC)c(C)oc2cc1Br. The lowest BCUT2D eigenvalue weighted by molar-refractivity contribution is -0.145. The molecule has 0 saturated heterocycles. The van der Waals surface area contributed by atoms with Crippen molar-refractivity contribution in [3.8, 4) is 5.75 Å². The summed E-state index contributed by atoms with van der Waals surface area (Å²) >= 11 is 3.36. The molecule has 1 heterocycles. The van der Waals surface area contributed by atoms with Crippen LogP contribution in [0.1, 0.15) is 23.0 Å². The molecule has 1 aromatic heterocycles. The first-order valence-electron chi connectivity index (χ1n) is 7.65. The monoisotopic (exact) mass is 414 g/mol. The maximum absolute atomic E-state index is 12.3. The third-order valence-corrected chi connectivity index (χ3v) is 3.91. The number of ether oxygens (including phenoxy) is 4. The van der Waals surface area contributed by atoms with E-state index in [-0.39, 0.29) is 19.8 Å². The fourth-order valence-corrected chi connectivity index (χ4v) is 2.65. The van der Waals surface area contributed by atoms with Gasteiger partial charge in [0.15, 0.2) is 6.61 Å². The van der Waals surface area contributed by atoms with Gasteiger partial charge in [-0.25, -0.2) is 9.59 Å². The van der Waals surface area contributed by atoms with Crippen molar-refractivity contribution < 1.29 is 33.0 Å². The molecule has 0 radical (unpaired) electrons. The van der Waals surface area contributed by atoms with Gasteiger partial charge in [-0.2, -0.15) is 0 Å².